The van der Waals surface area contributed by atoms with E-state index in [4.69, 9.17) is 28.4 Å². The van der Waals surface area contributed by atoms with E-state index in [0.717, 1.165) is 24.3 Å². The average molecular weight is 567 g/mol. The summed E-state index contributed by atoms with van der Waals surface area (Å²) in [6, 6.07) is 15.8. The Labute approximate surface area is 241 Å². The minimum atomic E-state index is -0.935. The van der Waals surface area contributed by atoms with Crippen molar-refractivity contribution in [2.45, 2.75) is 40.4 Å². The zero-order chi connectivity index (χ0) is 29.9. The lowest BCUT2D eigenvalue weighted by atomic mass is 10.1. The number of aryl methyl sites for hydroxylation is 1. The predicted octanol–water partition coefficient (Wildman–Crippen LogP) is 6.89. The molecule has 0 heterocycles. The Morgan fingerprint density at radius 1 is 0.854 bits per heavy atom. The summed E-state index contributed by atoms with van der Waals surface area (Å²) < 4.78 is 32.3. The number of nitrogens with zero attached hydrogens (tertiary/aromatic N) is 1. The highest BCUT2D eigenvalue weighted by Crippen LogP contribution is 2.33. The Morgan fingerprint density at radius 2 is 1.54 bits per heavy atom. The lowest BCUT2D eigenvalue weighted by Crippen LogP contribution is -2.22. The van der Waals surface area contributed by atoms with Crippen LogP contribution in [0, 0.1) is 6.92 Å². The fourth-order valence-electron chi connectivity index (χ4n) is 4.23. The van der Waals surface area contributed by atoms with E-state index in [1.54, 1.807) is 50.4 Å². The monoisotopic (exact) mass is 566 g/mol. The van der Waals surface area contributed by atoms with Gasteiger partial charge in [-0.2, -0.15) is 0 Å². The Balaban J connectivity index is 1.68. The molecule has 0 spiro atoms. The summed E-state index contributed by atoms with van der Waals surface area (Å²) in [6.45, 7) is 9.47. The van der Waals surface area contributed by atoms with E-state index in [0.29, 0.717) is 34.1 Å². The van der Waals surface area contributed by atoms with Gasteiger partial charge in [-0.25, -0.2) is 9.59 Å². The van der Waals surface area contributed by atoms with Crippen LogP contribution in [0.25, 0.3) is 0 Å². The fourth-order valence-corrected chi connectivity index (χ4v) is 4.23. The topological polar surface area (TPSA) is 105 Å². The molecule has 0 aliphatic heterocycles. The molecule has 0 aromatic heterocycles. The molecule has 41 heavy (non-hydrogen) atoms. The molecule has 0 bridgehead atoms. The molecule has 10 heteroatoms. The maximum absolute atomic E-state index is 12.8. The van der Waals surface area contributed by atoms with Gasteiger partial charge in [0.05, 0.1) is 21.3 Å². The average Bonchev–Trinajstić information content (AvgIpc) is 2.98. The first-order chi connectivity index (χ1) is 19.7. The van der Waals surface area contributed by atoms with E-state index in [1.165, 1.54) is 14.2 Å². The first kappa shape index (κ1) is 30.9. The van der Waals surface area contributed by atoms with Crippen LogP contribution in [-0.4, -0.2) is 46.7 Å². The van der Waals surface area contributed by atoms with Crippen molar-refractivity contribution in [1.29, 1.82) is 0 Å². The normalized spacial score (nSPS) is 11.2. The lowest BCUT2D eigenvalue weighted by Gasteiger charge is -2.22. The number of carbonyl (C=O) groups excluding carboxylic acids is 2. The van der Waals surface area contributed by atoms with E-state index in [9.17, 15) is 9.59 Å². The third kappa shape index (κ3) is 8.20. The zero-order valence-corrected chi connectivity index (χ0v) is 24.6. The van der Waals surface area contributed by atoms with Crippen molar-refractivity contribution in [1.82, 2.24) is 0 Å². The van der Waals surface area contributed by atoms with Crippen molar-refractivity contribution in [2.24, 2.45) is 0 Å². The SMILES string of the molecule is CCN(CC)c1ccc(NC(=O)OC(C)c2cc(OC)ccc2OC(=O)OCc2ccc(OC)cc2OC)c(C)c1. The molecule has 10 nitrogen and oxygen atoms in total. The van der Waals surface area contributed by atoms with Crippen LogP contribution in [0.1, 0.15) is 43.6 Å². The molecule has 3 rings (SSSR count). The molecule has 1 amide bonds. The van der Waals surface area contributed by atoms with Gasteiger partial charge >= 0.3 is 12.2 Å². The van der Waals surface area contributed by atoms with Gasteiger partial charge in [-0.15, -0.1) is 0 Å². The van der Waals surface area contributed by atoms with Gasteiger partial charge in [-0.1, -0.05) is 0 Å². The Kier molecular flexibility index (Phi) is 11.1. The molecule has 0 saturated carbocycles. The van der Waals surface area contributed by atoms with Gasteiger partial charge in [0, 0.05) is 41.7 Å². The number of amides is 1. The van der Waals surface area contributed by atoms with E-state index in [-0.39, 0.29) is 12.4 Å². The Morgan fingerprint density at radius 3 is 2.17 bits per heavy atom. The van der Waals surface area contributed by atoms with Crippen LogP contribution >= 0.6 is 0 Å². The van der Waals surface area contributed by atoms with Crippen molar-refractivity contribution in [2.75, 3.05) is 44.6 Å². The minimum Gasteiger partial charge on any atom is -0.497 e. The third-order valence-corrected chi connectivity index (χ3v) is 6.55. The number of hydrogen-bond acceptors (Lipinski definition) is 9. The summed E-state index contributed by atoms with van der Waals surface area (Å²) in [7, 11) is 4.58. The first-order valence-electron chi connectivity index (χ1n) is 13.3. The maximum atomic E-state index is 12.8. The molecule has 0 radical (unpaired) electrons. The number of nitrogens with one attached hydrogen (secondary N) is 1. The summed E-state index contributed by atoms with van der Waals surface area (Å²) in [5, 5.41) is 2.80. The smallest absolute Gasteiger partial charge is 0.497 e. The van der Waals surface area contributed by atoms with Crippen LogP contribution in [0.3, 0.4) is 0 Å². The highest BCUT2D eigenvalue weighted by atomic mass is 16.7. The summed E-state index contributed by atoms with van der Waals surface area (Å²) >= 11 is 0. The Hall–Kier alpha value is -4.60. The number of methoxy groups -OCH3 is 3. The van der Waals surface area contributed by atoms with Crippen LogP contribution in [0.2, 0.25) is 0 Å². The van der Waals surface area contributed by atoms with Crippen LogP contribution in [0.5, 0.6) is 23.0 Å². The molecule has 0 saturated heterocycles. The van der Waals surface area contributed by atoms with Gasteiger partial charge < -0.3 is 33.3 Å². The molecule has 220 valence electrons. The van der Waals surface area contributed by atoms with Crippen molar-refractivity contribution in [3.63, 3.8) is 0 Å². The van der Waals surface area contributed by atoms with E-state index in [2.05, 4.69) is 24.1 Å². The molecule has 0 aliphatic rings. The highest BCUT2D eigenvalue weighted by molar-refractivity contribution is 5.86. The molecule has 3 aromatic rings. The van der Waals surface area contributed by atoms with Crippen LogP contribution in [-0.2, 0) is 16.1 Å². The Bertz CT molecular complexity index is 1340. The second kappa shape index (κ2) is 14.7. The third-order valence-electron chi connectivity index (χ3n) is 6.55. The lowest BCUT2D eigenvalue weighted by molar-refractivity contribution is 0.0891. The van der Waals surface area contributed by atoms with Gasteiger partial charge in [0.1, 0.15) is 35.7 Å². The first-order valence-corrected chi connectivity index (χ1v) is 13.3. The van der Waals surface area contributed by atoms with Gasteiger partial charge in [-0.3, -0.25) is 5.32 Å². The quantitative estimate of drug-likeness (QED) is 0.185. The minimum absolute atomic E-state index is 0.0850. The van der Waals surface area contributed by atoms with Crippen LogP contribution < -0.4 is 29.2 Å². The molecular weight excluding hydrogens is 528 g/mol. The number of hydrogen-bond donors (Lipinski definition) is 1. The molecule has 3 aromatic carbocycles. The fraction of sp³-hybridized carbons (Fsp3) is 0.355. The number of anilines is 2. The van der Waals surface area contributed by atoms with Gasteiger partial charge in [-0.05, 0) is 81.8 Å². The molecule has 1 unspecified atom stereocenters. The summed E-state index contributed by atoms with van der Waals surface area (Å²) in [5.74, 6) is 1.79. The number of rotatable bonds is 12. The van der Waals surface area contributed by atoms with E-state index in [1.807, 2.05) is 25.1 Å². The summed E-state index contributed by atoms with van der Waals surface area (Å²) in [5.41, 5.74) is 3.68. The van der Waals surface area contributed by atoms with E-state index >= 15 is 0 Å². The van der Waals surface area contributed by atoms with Crippen molar-refractivity contribution in [3.8, 4) is 23.0 Å². The zero-order valence-electron chi connectivity index (χ0n) is 24.6. The largest absolute Gasteiger partial charge is 0.514 e. The highest BCUT2D eigenvalue weighted by Gasteiger charge is 2.21. The van der Waals surface area contributed by atoms with Crippen LogP contribution in [0.4, 0.5) is 21.0 Å². The molecule has 1 atom stereocenters. The van der Waals surface area contributed by atoms with Gasteiger partial charge in [0.15, 0.2) is 0 Å². The molecular formula is C31H38N2O8. The number of ether oxygens (including phenoxy) is 6. The van der Waals surface area contributed by atoms with Crippen molar-refractivity contribution >= 4 is 23.6 Å². The second-order valence-electron chi connectivity index (χ2n) is 9.07. The summed E-state index contributed by atoms with van der Waals surface area (Å²) in [6.07, 6.45) is -2.38. The van der Waals surface area contributed by atoms with Gasteiger partial charge in [0.25, 0.3) is 0 Å². The molecule has 0 fully saturated rings. The standard InChI is InChI=1S/C31H38N2O8/c1-8-33(9-2)23-11-14-27(20(3)16-23)32-30(34)40-21(4)26-17-24(36-5)13-15-28(26)41-31(35)39-19-22-10-12-25(37-6)18-29(22)38-7/h10-18,21H,8-9,19H2,1-7H3,(H,32,34). The van der Waals surface area contributed by atoms with Crippen molar-refractivity contribution in [3.05, 3.63) is 71.3 Å². The van der Waals surface area contributed by atoms with E-state index < -0.39 is 18.4 Å². The van der Waals surface area contributed by atoms with Crippen molar-refractivity contribution < 1.29 is 38.0 Å². The number of benzene rings is 3. The predicted molar refractivity (Wildman–Crippen MR) is 157 cm³/mol. The maximum Gasteiger partial charge on any atom is 0.514 e. The molecule has 0 aliphatic carbocycles. The summed E-state index contributed by atoms with van der Waals surface area (Å²) in [4.78, 5) is 27.6. The van der Waals surface area contributed by atoms with Gasteiger partial charge in [0.2, 0.25) is 0 Å². The number of carbonyl (C=O) groups is 2. The van der Waals surface area contributed by atoms with Crippen LogP contribution in [0.15, 0.2) is 54.6 Å². The second-order valence-corrected chi connectivity index (χ2v) is 9.07. The molecule has 1 N–H and O–H groups in total.